The predicted molar refractivity (Wildman–Crippen MR) is 102 cm³/mol. The van der Waals surface area contributed by atoms with Gasteiger partial charge in [-0.2, -0.15) is 0 Å². The van der Waals surface area contributed by atoms with Gasteiger partial charge in [-0.15, -0.1) is 0 Å². The molecule has 1 amide bonds. The molecule has 0 aromatic heterocycles. The predicted octanol–water partition coefficient (Wildman–Crippen LogP) is 5.36. The Morgan fingerprint density at radius 1 is 0.920 bits per heavy atom. The second kappa shape index (κ2) is 14.0. The number of alkyl carbamates (subject to hydrolysis) is 1. The summed E-state index contributed by atoms with van der Waals surface area (Å²) in [5, 5.41) is 2.66. The van der Waals surface area contributed by atoms with Gasteiger partial charge in [-0.1, -0.05) is 39.5 Å². The van der Waals surface area contributed by atoms with Gasteiger partial charge in [0.2, 0.25) is 0 Å². The molecule has 0 aromatic carbocycles. The third-order valence-corrected chi connectivity index (χ3v) is 3.78. The van der Waals surface area contributed by atoms with Crippen LogP contribution in [0.1, 0.15) is 98.8 Å². The van der Waals surface area contributed by atoms with Crippen LogP contribution in [0.3, 0.4) is 0 Å². The highest BCUT2D eigenvalue weighted by atomic mass is 16.6. The third kappa shape index (κ3) is 16.0. The van der Waals surface area contributed by atoms with E-state index in [1.807, 2.05) is 20.8 Å². The number of ether oxygens (including phenoxy) is 2. The van der Waals surface area contributed by atoms with E-state index in [0.29, 0.717) is 19.4 Å². The molecule has 0 fully saturated rings. The summed E-state index contributed by atoms with van der Waals surface area (Å²) in [5.74, 6) is -0.163. The van der Waals surface area contributed by atoms with Crippen molar-refractivity contribution in [2.45, 2.75) is 111 Å². The lowest BCUT2D eigenvalue weighted by atomic mass is 10.0. The van der Waals surface area contributed by atoms with Crippen LogP contribution in [-0.2, 0) is 14.3 Å². The molecule has 0 spiro atoms. The van der Waals surface area contributed by atoms with Gasteiger partial charge in [0, 0.05) is 13.0 Å². The maximum absolute atomic E-state index is 12.0. The first kappa shape index (κ1) is 23.7. The highest BCUT2D eigenvalue weighted by Crippen LogP contribution is 2.15. The molecule has 0 aliphatic carbocycles. The van der Waals surface area contributed by atoms with Gasteiger partial charge in [0.25, 0.3) is 0 Å². The standard InChI is InChI=1S/C20H39NO4/c1-6-8-10-13-17(14-11-9-7-2)24-18(22)15-12-16-21-19(23)25-20(3,4)5/h17H,6-16H2,1-5H3,(H,21,23). The Morgan fingerprint density at radius 3 is 1.96 bits per heavy atom. The molecule has 148 valence electrons. The number of carbonyl (C=O) groups is 2. The van der Waals surface area contributed by atoms with Gasteiger partial charge in [0.1, 0.15) is 11.7 Å². The number of rotatable bonds is 13. The number of hydrogen-bond donors (Lipinski definition) is 1. The van der Waals surface area contributed by atoms with Gasteiger partial charge >= 0.3 is 12.1 Å². The van der Waals surface area contributed by atoms with Crippen molar-refractivity contribution in [2.75, 3.05) is 6.54 Å². The molecule has 5 nitrogen and oxygen atoms in total. The van der Waals surface area contributed by atoms with Crippen molar-refractivity contribution in [1.82, 2.24) is 5.32 Å². The van der Waals surface area contributed by atoms with E-state index in [2.05, 4.69) is 19.2 Å². The summed E-state index contributed by atoms with van der Waals surface area (Å²) in [6.07, 6.45) is 9.34. The fourth-order valence-electron chi connectivity index (χ4n) is 2.49. The van der Waals surface area contributed by atoms with Crippen LogP contribution in [0.25, 0.3) is 0 Å². The van der Waals surface area contributed by atoms with Crippen LogP contribution in [0.2, 0.25) is 0 Å². The molecule has 0 atom stereocenters. The van der Waals surface area contributed by atoms with E-state index in [4.69, 9.17) is 9.47 Å². The minimum Gasteiger partial charge on any atom is -0.462 e. The summed E-state index contributed by atoms with van der Waals surface area (Å²) in [5.41, 5.74) is -0.507. The maximum atomic E-state index is 12.0. The first-order chi connectivity index (χ1) is 11.8. The summed E-state index contributed by atoms with van der Waals surface area (Å²) < 4.78 is 10.8. The van der Waals surface area contributed by atoms with Gasteiger partial charge in [-0.05, 0) is 52.9 Å². The van der Waals surface area contributed by atoms with Gasteiger partial charge in [-0.25, -0.2) is 4.79 Å². The van der Waals surface area contributed by atoms with Crippen LogP contribution >= 0.6 is 0 Å². The van der Waals surface area contributed by atoms with E-state index in [0.717, 1.165) is 25.7 Å². The summed E-state index contributed by atoms with van der Waals surface area (Å²) in [6, 6.07) is 0. The average molecular weight is 358 g/mol. The molecule has 0 unspecified atom stereocenters. The van der Waals surface area contributed by atoms with Crippen LogP contribution < -0.4 is 5.32 Å². The van der Waals surface area contributed by atoms with Crippen LogP contribution in [0.15, 0.2) is 0 Å². The zero-order valence-corrected chi connectivity index (χ0v) is 17.0. The quantitative estimate of drug-likeness (QED) is 0.356. The zero-order chi connectivity index (χ0) is 19.1. The van der Waals surface area contributed by atoms with Crippen molar-refractivity contribution in [3.63, 3.8) is 0 Å². The molecule has 0 radical (unpaired) electrons. The molecule has 0 aliphatic rings. The molecular formula is C20H39NO4. The van der Waals surface area contributed by atoms with Crippen LogP contribution in [-0.4, -0.2) is 30.3 Å². The zero-order valence-electron chi connectivity index (χ0n) is 17.0. The molecule has 0 heterocycles. The molecule has 0 saturated heterocycles. The lowest BCUT2D eigenvalue weighted by Crippen LogP contribution is -2.33. The molecule has 25 heavy (non-hydrogen) atoms. The van der Waals surface area contributed by atoms with Crippen LogP contribution in [0, 0.1) is 0 Å². The molecule has 0 aromatic rings. The number of hydrogen-bond acceptors (Lipinski definition) is 4. The van der Waals surface area contributed by atoms with Crippen LogP contribution in [0.4, 0.5) is 4.79 Å². The van der Waals surface area contributed by atoms with Crippen molar-refractivity contribution >= 4 is 12.1 Å². The van der Waals surface area contributed by atoms with Gasteiger partial charge < -0.3 is 14.8 Å². The monoisotopic (exact) mass is 357 g/mol. The second-order valence-corrected chi connectivity index (χ2v) is 7.64. The summed E-state index contributed by atoms with van der Waals surface area (Å²) in [7, 11) is 0. The van der Waals surface area contributed by atoms with Crippen molar-refractivity contribution in [1.29, 1.82) is 0 Å². The Hall–Kier alpha value is -1.26. The van der Waals surface area contributed by atoms with E-state index < -0.39 is 11.7 Å². The van der Waals surface area contributed by atoms with Crippen molar-refractivity contribution in [3.8, 4) is 0 Å². The highest BCUT2D eigenvalue weighted by Gasteiger charge is 2.16. The van der Waals surface area contributed by atoms with E-state index in [1.54, 1.807) is 0 Å². The molecule has 0 bridgehead atoms. The first-order valence-corrected chi connectivity index (χ1v) is 9.94. The Balaban J connectivity index is 4.00. The maximum Gasteiger partial charge on any atom is 0.407 e. The first-order valence-electron chi connectivity index (χ1n) is 9.94. The highest BCUT2D eigenvalue weighted by molar-refractivity contribution is 5.70. The molecule has 0 saturated carbocycles. The van der Waals surface area contributed by atoms with E-state index >= 15 is 0 Å². The van der Waals surface area contributed by atoms with E-state index in [9.17, 15) is 9.59 Å². The van der Waals surface area contributed by atoms with E-state index in [-0.39, 0.29) is 12.1 Å². The Morgan fingerprint density at radius 2 is 1.48 bits per heavy atom. The number of esters is 1. The number of unbranched alkanes of at least 4 members (excludes halogenated alkanes) is 4. The van der Waals surface area contributed by atoms with Crippen molar-refractivity contribution in [2.24, 2.45) is 0 Å². The lowest BCUT2D eigenvalue weighted by molar-refractivity contribution is -0.150. The molecule has 1 N–H and O–H groups in total. The Labute approximate surface area is 154 Å². The number of amides is 1. The number of nitrogens with one attached hydrogen (secondary N) is 1. The average Bonchev–Trinajstić information content (AvgIpc) is 2.50. The molecule has 0 rings (SSSR count). The van der Waals surface area contributed by atoms with Crippen LogP contribution in [0.5, 0.6) is 0 Å². The van der Waals surface area contributed by atoms with E-state index in [1.165, 1.54) is 25.7 Å². The smallest absolute Gasteiger partial charge is 0.407 e. The molecule has 0 aliphatic heterocycles. The second-order valence-electron chi connectivity index (χ2n) is 7.64. The minimum absolute atomic E-state index is 0.0458. The minimum atomic E-state index is -0.507. The van der Waals surface area contributed by atoms with Crippen molar-refractivity contribution in [3.05, 3.63) is 0 Å². The molecule has 5 heteroatoms. The van der Waals surface area contributed by atoms with Gasteiger partial charge in [0.05, 0.1) is 0 Å². The Kier molecular flexibility index (Phi) is 13.3. The van der Waals surface area contributed by atoms with Crippen molar-refractivity contribution < 1.29 is 19.1 Å². The van der Waals surface area contributed by atoms with Gasteiger partial charge in [0.15, 0.2) is 0 Å². The Bertz CT molecular complexity index is 353. The largest absolute Gasteiger partial charge is 0.462 e. The SMILES string of the molecule is CCCCCC(CCCCC)OC(=O)CCCNC(=O)OC(C)(C)C. The molecular weight excluding hydrogens is 318 g/mol. The fraction of sp³-hybridized carbons (Fsp3) is 0.900. The third-order valence-electron chi connectivity index (χ3n) is 3.78. The number of carbonyl (C=O) groups excluding carboxylic acids is 2. The fourth-order valence-corrected chi connectivity index (χ4v) is 2.49. The lowest BCUT2D eigenvalue weighted by Gasteiger charge is -2.20. The summed E-state index contributed by atoms with van der Waals surface area (Å²) in [6.45, 7) is 10.2. The summed E-state index contributed by atoms with van der Waals surface area (Å²) >= 11 is 0. The van der Waals surface area contributed by atoms with Gasteiger partial charge in [-0.3, -0.25) is 4.79 Å². The topological polar surface area (TPSA) is 64.6 Å². The summed E-state index contributed by atoms with van der Waals surface area (Å²) in [4.78, 5) is 23.6. The normalized spacial score (nSPS) is 11.4.